The van der Waals surface area contributed by atoms with Gasteiger partial charge in [-0.3, -0.25) is 4.79 Å². The third-order valence-electron chi connectivity index (χ3n) is 3.59. The molecule has 1 fully saturated rings. The lowest BCUT2D eigenvalue weighted by Gasteiger charge is -2.32. The maximum atomic E-state index is 13.3. The van der Waals surface area contributed by atoms with Crippen LogP contribution >= 0.6 is 0 Å². The first-order valence-corrected chi connectivity index (χ1v) is 6.65. The summed E-state index contributed by atoms with van der Waals surface area (Å²) in [7, 11) is 1.77. The van der Waals surface area contributed by atoms with Crippen LogP contribution in [0.2, 0.25) is 0 Å². The van der Waals surface area contributed by atoms with Crippen molar-refractivity contribution in [1.29, 1.82) is 0 Å². The maximum absolute atomic E-state index is 13.3. The summed E-state index contributed by atoms with van der Waals surface area (Å²) in [6.45, 7) is 0.877. The Bertz CT molecular complexity index is 530. The van der Waals surface area contributed by atoms with E-state index in [0.717, 1.165) is 18.9 Å². The Morgan fingerprint density at radius 3 is 2.67 bits per heavy atom. The van der Waals surface area contributed by atoms with Gasteiger partial charge in [0.05, 0.1) is 5.56 Å². The lowest BCUT2D eigenvalue weighted by molar-refractivity contribution is -0.137. The lowest BCUT2D eigenvalue weighted by Crippen LogP contribution is -2.47. The number of rotatable bonds is 2. The Balaban J connectivity index is 2.25. The van der Waals surface area contributed by atoms with Crippen LogP contribution in [-0.4, -0.2) is 37.0 Å². The molecule has 1 aromatic rings. The molecule has 1 aliphatic rings. The molecule has 21 heavy (non-hydrogen) atoms. The third kappa shape index (κ3) is 3.72. The molecule has 1 heterocycles. The van der Waals surface area contributed by atoms with Crippen LogP contribution < -0.4 is 5.32 Å². The Morgan fingerprint density at radius 1 is 1.33 bits per heavy atom. The zero-order valence-corrected chi connectivity index (χ0v) is 11.5. The minimum absolute atomic E-state index is 0.110. The highest BCUT2D eigenvalue weighted by atomic mass is 19.4. The molecule has 1 saturated heterocycles. The molecule has 0 spiro atoms. The number of hydrogen-bond donors (Lipinski definition) is 1. The van der Waals surface area contributed by atoms with E-state index in [4.69, 9.17) is 0 Å². The van der Waals surface area contributed by atoms with Gasteiger partial charge in [0, 0.05) is 24.7 Å². The Kier molecular flexibility index (Phi) is 4.51. The zero-order chi connectivity index (χ0) is 15.6. The second-order valence-electron chi connectivity index (χ2n) is 5.11. The smallest absolute Gasteiger partial charge is 0.337 e. The molecule has 2 rings (SSSR count). The van der Waals surface area contributed by atoms with Crippen molar-refractivity contribution in [3.8, 4) is 0 Å². The number of carbonyl (C=O) groups excluding carboxylic acids is 1. The van der Waals surface area contributed by atoms with E-state index in [2.05, 4.69) is 5.32 Å². The number of alkyl halides is 3. The highest BCUT2D eigenvalue weighted by molar-refractivity contribution is 5.94. The van der Waals surface area contributed by atoms with Crippen LogP contribution in [0.15, 0.2) is 18.2 Å². The van der Waals surface area contributed by atoms with Gasteiger partial charge in [0.1, 0.15) is 5.82 Å². The van der Waals surface area contributed by atoms with Crippen molar-refractivity contribution in [2.75, 3.05) is 20.1 Å². The molecule has 0 radical (unpaired) electrons. The van der Waals surface area contributed by atoms with Gasteiger partial charge in [-0.2, -0.15) is 13.2 Å². The Morgan fingerprint density at radius 2 is 2.05 bits per heavy atom. The van der Waals surface area contributed by atoms with Gasteiger partial charge in [0.2, 0.25) is 0 Å². The number of halogens is 4. The number of amides is 1. The average Bonchev–Trinajstić information content (AvgIpc) is 2.45. The van der Waals surface area contributed by atoms with E-state index < -0.39 is 23.5 Å². The molecule has 0 bridgehead atoms. The fourth-order valence-corrected chi connectivity index (χ4v) is 2.46. The number of nitrogens with zero attached hydrogens (tertiary/aromatic N) is 1. The quantitative estimate of drug-likeness (QED) is 0.852. The summed E-state index contributed by atoms with van der Waals surface area (Å²) in [5.74, 6) is -1.63. The maximum Gasteiger partial charge on any atom is 0.416 e. The van der Waals surface area contributed by atoms with Crippen molar-refractivity contribution in [3.05, 3.63) is 35.1 Å². The summed E-state index contributed by atoms with van der Waals surface area (Å²) in [5, 5.41) is 3.04. The second kappa shape index (κ2) is 6.01. The first kappa shape index (κ1) is 15.8. The van der Waals surface area contributed by atoms with Crippen molar-refractivity contribution in [2.24, 2.45) is 0 Å². The summed E-state index contributed by atoms with van der Waals surface area (Å²) in [5.41, 5.74) is -1.41. The van der Waals surface area contributed by atoms with Crippen molar-refractivity contribution in [2.45, 2.75) is 25.1 Å². The number of likely N-dealkylation sites (tertiary alicyclic amines) is 1. The summed E-state index contributed by atoms with van der Waals surface area (Å²) < 4.78 is 51.4. The first-order valence-electron chi connectivity index (χ1n) is 6.65. The van der Waals surface area contributed by atoms with Crippen molar-refractivity contribution < 1.29 is 22.4 Å². The minimum atomic E-state index is -4.67. The van der Waals surface area contributed by atoms with Gasteiger partial charge in [-0.15, -0.1) is 0 Å². The van der Waals surface area contributed by atoms with Gasteiger partial charge >= 0.3 is 6.18 Å². The fraction of sp³-hybridized carbons (Fsp3) is 0.500. The molecule has 116 valence electrons. The van der Waals surface area contributed by atoms with Crippen LogP contribution in [0.1, 0.15) is 28.8 Å². The average molecular weight is 304 g/mol. The van der Waals surface area contributed by atoms with E-state index >= 15 is 0 Å². The van der Waals surface area contributed by atoms with E-state index in [0.29, 0.717) is 25.2 Å². The van der Waals surface area contributed by atoms with Crippen LogP contribution in [0, 0.1) is 5.82 Å². The van der Waals surface area contributed by atoms with E-state index in [1.54, 1.807) is 7.05 Å². The van der Waals surface area contributed by atoms with Gasteiger partial charge in [-0.1, -0.05) is 0 Å². The molecular weight excluding hydrogens is 288 g/mol. The van der Waals surface area contributed by atoms with Gasteiger partial charge < -0.3 is 10.2 Å². The molecule has 1 amide bonds. The van der Waals surface area contributed by atoms with Gasteiger partial charge in [0.15, 0.2) is 0 Å². The van der Waals surface area contributed by atoms with E-state index in [9.17, 15) is 22.4 Å². The highest BCUT2D eigenvalue weighted by Crippen LogP contribution is 2.30. The lowest BCUT2D eigenvalue weighted by atomic mass is 10.0. The fourth-order valence-electron chi connectivity index (χ4n) is 2.46. The third-order valence-corrected chi connectivity index (χ3v) is 3.59. The summed E-state index contributed by atoms with van der Waals surface area (Å²) >= 11 is 0. The van der Waals surface area contributed by atoms with Crippen LogP contribution in [-0.2, 0) is 6.18 Å². The minimum Gasteiger partial charge on any atom is -0.337 e. The van der Waals surface area contributed by atoms with Gasteiger partial charge in [-0.25, -0.2) is 4.39 Å². The first-order chi connectivity index (χ1) is 9.81. The number of hydrogen-bond acceptors (Lipinski definition) is 2. The number of nitrogens with one attached hydrogen (secondary N) is 1. The molecule has 1 atom stereocenters. The summed E-state index contributed by atoms with van der Waals surface area (Å²) in [4.78, 5) is 13.7. The molecule has 7 heteroatoms. The topological polar surface area (TPSA) is 32.3 Å². The predicted octanol–water partition coefficient (Wildman–Crippen LogP) is 2.67. The van der Waals surface area contributed by atoms with Crippen molar-refractivity contribution >= 4 is 5.91 Å². The molecule has 0 saturated carbocycles. The van der Waals surface area contributed by atoms with E-state index in [-0.39, 0.29) is 11.6 Å². The van der Waals surface area contributed by atoms with Crippen molar-refractivity contribution in [1.82, 2.24) is 10.2 Å². The monoisotopic (exact) mass is 304 g/mol. The molecule has 0 unspecified atom stereocenters. The van der Waals surface area contributed by atoms with Crippen LogP contribution in [0.5, 0.6) is 0 Å². The molecule has 1 aliphatic heterocycles. The highest BCUT2D eigenvalue weighted by Gasteiger charge is 2.33. The second-order valence-corrected chi connectivity index (χ2v) is 5.11. The molecule has 0 aromatic heterocycles. The molecule has 1 aromatic carbocycles. The summed E-state index contributed by atoms with van der Waals surface area (Å²) in [6, 6.07) is 2.05. The predicted molar refractivity (Wildman–Crippen MR) is 69.4 cm³/mol. The van der Waals surface area contributed by atoms with Crippen LogP contribution in [0.3, 0.4) is 0 Å². The van der Waals surface area contributed by atoms with Crippen LogP contribution in [0.4, 0.5) is 17.6 Å². The van der Waals surface area contributed by atoms with E-state index in [1.165, 1.54) is 4.90 Å². The summed E-state index contributed by atoms with van der Waals surface area (Å²) in [6.07, 6.45) is -3.01. The zero-order valence-electron chi connectivity index (χ0n) is 11.5. The molecule has 3 nitrogen and oxygen atoms in total. The number of carbonyl (C=O) groups is 1. The standard InChI is InChI=1S/C14H16F4N2O/c1-19-12-3-2-4-20(8-12)13(21)9-5-10(14(16,17)18)7-11(15)6-9/h5-7,12,19H,2-4,8H2,1H3/t12-/m0/s1. The van der Waals surface area contributed by atoms with E-state index in [1.807, 2.05) is 0 Å². The normalized spacial score (nSPS) is 19.7. The Hall–Kier alpha value is -1.63. The van der Waals surface area contributed by atoms with Crippen molar-refractivity contribution in [3.63, 3.8) is 0 Å². The van der Waals surface area contributed by atoms with Crippen LogP contribution in [0.25, 0.3) is 0 Å². The number of benzene rings is 1. The van der Waals surface area contributed by atoms with Gasteiger partial charge in [-0.05, 0) is 38.1 Å². The SMILES string of the molecule is CN[C@H]1CCCN(C(=O)c2cc(F)cc(C(F)(F)F)c2)C1. The largest absolute Gasteiger partial charge is 0.416 e. The number of likely N-dealkylation sites (N-methyl/N-ethyl adjacent to an activating group) is 1. The molecule has 0 aliphatic carbocycles. The number of piperidine rings is 1. The Labute approximate surface area is 119 Å². The molecular formula is C14H16F4N2O. The van der Waals surface area contributed by atoms with Gasteiger partial charge in [0.25, 0.3) is 5.91 Å². The molecule has 1 N–H and O–H groups in total.